The summed E-state index contributed by atoms with van der Waals surface area (Å²) in [5.41, 5.74) is 0.160. The molecule has 0 aliphatic rings. The van der Waals surface area contributed by atoms with Crippen LogP contribution >= 0.6 is 0 Å². The first-order valence-electron chi connectivity index (χ1n) is 6.59. The van der Waals surface area contributed by atoms with Crippen molar-refractivity contribution in [3.63, 3.8) is 0 Å². The fraction of sp³-hybridized carbons (Fsp3) is 0.571. The smallest absolute Gasteiger partial charge is 0.129 e. The van der Waals surface area contributed by atoms with Gasteiger partial charge in [0.2, 0.25) is 0 Å². The van der Waals surface area contributed by atoms with Crippen LogP contribution in [0.4, 0.5) is 8.78 Å². The third-order valence-electron chi connectivity index (χ3n) is 2.80. The number of hydrogen-bond acceptors (Lipinski definition) is 3. The fourth-order valence-corrected chi connectivity index (χ4v) is 1.75. The van der Waals surface area contributed by atoms with Crippen LogP contribution in [0.3, 0.4) is 0 Å². The molecule has 1 aromatic carbocycles. The molecule has 0 atom stereocenters. The Kier molecular flexibility index (Phi) is 8.29. The van der Waals surface area contributed by atoms with Crippen molar-refractivity contribution >= 4 is 0 Å². The van der Waals surface area contributed by atoms with Crippen molar-refractivity contribution < 1.29 is 13.5 Å². The fourth-order valence-electron chi connectivity index (χ4n) is 1.75. The molecule has 0 fully saturated rings. The molecule has 0 unspecified atom stereocenters. The molecule has 5 heteroatoms. The second-order valence-electron chi connectivity index (χ2n) is 4.30. The molecule has 0 spiro atoms. The average Bonchev–Trinajstić information content (AvgIpc) is 2.40. The number of benzene rings is 1. The lowest BCUT2D eigenvalue weighted by Crippen LogP contribution is -2.25. The highest BCUT2D eigenvalue weighted by Crippen LogP contribution is 2.11. The zero-order valence-electron chi connectivity index (χ0n) is 11.3. The first-order chi connectivity index (χ1) is 9.25. The van der Waals surface area contributed by atoms with Gasteiger partial charge in [0.1, 0.15) is 11.6 Å². The lowest BCUT2D eigenvalue weighted by Gasteiger charge is -2.07. The second kappa shape index (κ2) is 9.83. The summed E-state index contributed by atoms with van der Waals surface area (Å²) in [6.07, 6.45) is 1.35. The Morgan fingerprint density at radius 2 is 1.63 bits per heavy atom. The Bertz CT molecular complexity index is 341. The van der Waals surface area contributed by atoms with Gasteiger partial charge >= 0.3 is 0 Å². The van der Waals surface area contributed by atoms with Crippen LogP contribution in [0.25, 0.3) is 0 Å². The van der Waals surface area contributed by atoms with E-state index in [1.807, 2.05) is 0 Å². The van der Waals surface area contributed by atoms with E-state index in [4.69, 9.17) is 4.74 Å². The van der Waals surface area contributed by atoms with E-state index in [-0.39, 0.29) is 5.56 Å². The van der Waals surface area contributed by atoms with Crippen molar-refractivity contribution in [3.05, 3.63) is 35.4 Å². The molecule has 1 aromatic rings. The molecule has 0 aliphatic carbocycles. The van der Waals surface area contributed by atoms with E-state index in [1.165, 1.54) is 18.2 Å². The summed E-state index contributed by atoms with van der Waals surface area (Å²) in [7, 11) is 1.67. The average molecular weight is 272 g/mol. The molecular formula is C14H22F2N2O. The van der Waals surface area contributed by atoms with Gasteiger partial charge in [-0.15, -0.1) is 0 Å². The van der Waals surface area contributed by atoms with Crippen molar-refractivity contribution in [1.29, 1.82) is 0 Å². The molecular weight excluding hydrogens is 250 g/mol. The Hall–Kier alpha value is -1.04. The molecule has 0 bridgehead atoms. The minimum Gasteiger partial charge on any atom is -0.383 e. The lowest BCUT2D eigenvalue weighted by molar-refractivity contribution is 0.199. The van der Waals surface area contributed by atoms with E-state index in [2.05, 4.69) is 10.6 Å². The molecule has 0 heterocycles. The van der Waals surface area contributed by atoms with Gasteiger partial charge < -0.3 is 15.4 Å². The number of halogens is 2. The molecule has 0 saturated carbocycles. The summed E-state index contributed by atoms with van der Waals surface area (Å²) < 4.78 is 31.5. The van der Waals surface area contributed by atoms with Gasteiger partial charge in [-0.1, -0.05) is 6.07 Å². The zero-order valence-corrected chi connectivity index (χ0v) is 11.3. The van der Waals surface area contributed by atoms with E-state index in [9.17, 15) is 8.78 Å². The topological polar surface area (TPSA) is 33.3 Å². The highest BCUT2D eigenvalue weighted by molar-refractivity contribution is 5.19. The summed E-state index contributed by atoms with van der Waals surface area (Å²) in [5, 5.41) is 6.40. The van der Waals surface area contributed by atoms with Crippen LogP contribution in [-0.2, 0) is 11.2 Å². The molecule has 0 amide bonds. The van der Waals surface area contributed by atoms with E-state index >= 15 is 0 Å². The standard InChI is InChI=1S/C14H22F2N2O/c1-19-11-10-18-8-3-7-17-9-6-12-13(15)4-2-5-14(12)16/h2,4-5,17-18H,3,6-11H2,1H3. The van der Waals surface area contributed by atoms with Gasteiger partial charge in [-0.05, 0) is 44.6 Å². The highest BCUT2D eigenvalue weighted by Gasteiger charge is 2.06. The molecule has 108 valence electrons. The van der Waals surface area contributed by atoms with E-state index in [0.717, 1.165) is 26.1 Å². The Balaban J connectivity index is 2.05. The maximum atomic E-state index is 13.3. The summed E-state index contributed by atoms with van der Waals surface area (Å²) in [6.45, 7) is 3.87. The van der Waals surface area contributed by atoms with Gasteiger partial charge in [0, 0.05) is 19.2 Å². The van der Waals surface area contributed by atoms with Crippen molar-refractivity contribution in [1.82, 2.24) is 10.6 Å². The van der Waals surface area contributed by atoms with Crippen LogP contribution < -0.4 is 10.6 Å². The molecule has 0 aliphatic heterocycles. The second-order valence-corrected chi connectivity index (χ2v) is 4.30. The lowest BCUT2D eigenvalue weighted by atomic mass is 10.1. The number of nitrogens with one attached hydrogen (secondary N) is 2. The zero-order chi connectivity index (χ0) is 13.9. The molecule has 0 saturated heterocycles. The summed E-state index contributed by atoms with van der Waals surface area (Å²) in [6, 6.07) is 3.96. The van der Waals surface area contributed by atoms with Gasteiger partial charge in [0.25, 0.3) is 0 Å². The number of ether oxygens (including phenoxy) is 1. The predicted molar refractivity (Wildman–Crippen MR) is 72.3 cm³/mol. The van der Waals surface area contributed by atoms with Crippen LogP contribution in [0.5, 0.6) is 0 Å². The molecule has 0 aromatic heterocycles. The Morgan fingerprint density at radius 3 is 2.26 bits per heavy atom. The van der Waals surface area contributed by atoms with E-state index in [0.29, 0.717) is 19.6 Å². The molecule has 0 radical (unpaired) electrons. The summed E-state index contributed by atoms with van der Waals surface area (Å²) in [5.74, 6) is -0.939. The quantitative estimate of drug-likeness (QED) is 0.636. The SMILES string of the molecule is COCCNCCCNCCc1c(F)cccc1F. The third-order valence-corrected chi connectivity index (χ3v) is 2.80. The van der Waals surface area contributed by atoms with Gasteiger partial charge in [-0.3, -0.25) is 0 Å². The summed E-state index contributed by atoms with van der Waals surface area (Å²) >= 11 is 0. The van der Waals surface area contributed by atoms with Gasteiger partial charge in [-0.25, -0.2) is 8.78 Å². The number of rotatable bonds is 10. The molecule has 3 nitrogen and oxygen atoms in total. The van der Waals surface area contributed by atoms with Crippen molar-refractivity contribution in [2.45, 2.75) is 12.8 Å². The van der Waals surface area contributed by atoms with Crippen molar-refractivity contribution in [2.75, 3.05) is 39.9 Å². The first-order valence-corrected chi connectivity index (χ1v) is 6.59. The Labute approximate surface area is 113 Å². The first kappa shape index (κ1) is 16.0. The van der Waals surface area contributed by atoms with Gasteiger partial charge in [0.05, 0.1) is 6.61 Å². The maximum Gasteiger partial charge on any atom is 0.129 e. The minimum atomic E-state index is -0.469. The van der Waals surface area contributed by atoms with Crippen molar-refractivity contribution in [3.8, 4) is 0 Å². The van der Waals surface area contributed by atoms with Crippen LogP contribution in [0.1, 0.15) is 12.0 Å². The molecule has 2 N–H and O–H groups in total. The third kappa shape index (κ3) is 6.61. The Morgan fingerprint density at radius 1 is 1.00 bits per heavy atom. The predicted octanol–water partition coefficient (Wildman–Crippen LogP) is 1.72. The van der Waals surface area contributed by atoms with Crippen LogP contribution in [0, 0.1) is 11.6 Å². The van der Waals surface area contributed by atoms with E-state index < -0.39 is 11.6 Å². The van der Waals surface area contributed by atoms with Crippen LogP contribution in [0.2, 0.25) is 0 Å². The van der Waals surface area contributed by atoms with Gasteiger partial charge in [-0.2, -0.15) is 0 Å². The van der Waals surface area contributed by atoms with E-state index in [1.54, 1.807) is 7.11 Å². The van der Waals surface area contributed by atoms with Crippen molar-refractivity contribution in [2.24, 2.45) is 0 Å². The molecule has 1 rings (SSSR count). The number of methoxy groups -OCH3 is 1. The maximum absolute atomic E-state index is 13.3. The number of hydrogen-bond donors (Lipinski definition) is 2. The monoisotopic (exact) mass is 272 g/mol. The minimum absolute atomic E-state index is 0.160. The normalized spacial score (nSPS) is 10.9. The largest absolute Gasteiger partial charge is 0.383 e. The summed E-state index contributed by atoms with van der Waals surface area (Å²) in [4.78, 5) is 0. The van der Waals surface area contributed by atoms with Crippen LogP contribution in [0.15, 0.2) is 18.2 Å². The highest BCUT2D eigenvalue weighted by atomic mass is 19.1. The molecule has 19 heavy (non-hydrogen) atoms. The van der Waals surface area contributed by atoms with Crippen LogP contribution in [-0.4, -0.2) is 39.9 Å². The van der Waals surface area contributed by atoms with Gasteiger partial charge in [0.15, 0.2) is 0 Å².